The molecule has 0 radical (unpaired) electrons. The molecule has 0 saturated carbocycles. The number of hydrogen-bond acceptors (Lipinski definition) is 5. The highest BCUT2D eigenvalue weighted by Gasteiger charge is 2.21. The standard InChI is InChI=1S/C17H15BrFN3O3S/c1-22(26(23,24)13-8-6-12(18)7-9-13)11-10-16-20-17(25-21-16)14-4-2-3-5-15(14)19/h2-9H,10-11H2,1H3. The topological polar surface area (TPSA) is 76.3 Å². The molecule has 0 aliphatic heterocycles. The summed E-state index contributed by atoms with van der Waals surface area (Å²) in [4.78, 5) is 4.33. The minimum Gasteiger partial charge on any atom is -0.334 e. The Bertz CT molecular complexity index is 1010. The normalized spacial score (nSPS) is 11.8. The van der Waals surface area contributed by atoms with Gasteiger partial charge in [0.15, 0.2) is 5.82 Å². The molecule has 26 heavy (non-hydrogen) atoms. The average Bonchev–Trinajstić information content (AvgIpc) is 3.09. The number of aromatic nitrogens is 2. The number of benzene rings is 2. The number of likely N-dealkylation sites (N-methyl/N-ethyl adjacent to an activating group) is 1. The van der Waals surface area contributed by atoms with Gasteiger partial charge in [0.2, 0.25) is 10.0 Å². The lowest BCUT2D eigenvalue weighted by Crippen LogP contribution is -2.29. The Morgan fingerprint density at radius 2 is 1.85 bits per heavy atom. The van der Waals surface area contributed by atoms with Gasteiger partial charge in [-0.05, 0) is 36.4 Å². The van der Waals surface area contributed by atoms with Gasteiger partial charge in [-0.2, -0.15) is 4.98 Å². The first kappa shape index (κ1) is 18.7. The smallest absolute Gasteiger partial charge is 0.260 e. The van der Waals surface area contributed by atoms with Crippen molar-refractivity contribution < 1.29 is 17.3 Å². The van der Waals surface area contributed by atoms with Crippen molar-refractivity contribution in [1.82, 2.24) is 14.4 Å². The second kappa shape index (κ2) is 7.65. The Morgan fingerprint density at radius 3 is 2.54 bits per heavy atom. The summed E-state index contributed by atoms with van der Waals surface area (Å²) >= 11 is 3.28. The summed E-state index contributed by atoms with van der Waals surface area (Å²) in [6.45, 7) is 0.161. The molecule has 0 fully saturated rings. The van der Waals surface area contributed by atoms with E-state index < -0.39 is 15.8 Å². The fourth-order valence-corrected chi connectivity index (χ4v) is 3.70. The fourth-order valence-electron chi connectivity index (χ4n) is 2.26. The second-order valence-electron chi connectivity index (χ2n) is 5.53. The first-order chi connectivity index (χ1) is 12.4. The van der Waals surface area contributed by atoms with Crippen molar-refractivity contribution in [2.24, 2.45) is 0 Å². The first-order valence-corrected chi connectivity index (χ1v) is 9.90. The number of sulfonamides is 1. The summed E-state index contributed by atoms with van der Waals surface area (Å²) in [7, 11) is -2.13. The molecule has 0 saturated heterocycles. The van der Waals surface area contributed by atoms with E-state index in [1.165, 1.54) is 35.6 Å². The van der Waals surface area contributed by atoms with Crippen LogP contribution >= 0.6 is 15.9 Å². The molecule has 0 unspecified atom stereocenters. The van der Waals surface area contributed by atoms with Gasteiger partial charge >= 0.3 is 0 Å². The van der Waals surface area contributed by atoms with Crippen molar-refractivity contribution in [3.63, 3.8) is 0 Å². The number of halogens is 2. The van der Waals surface area contributed by atoms with Crippen molar-refractivity contribution in [3.8, 4) is 11.5 Å². The van der Waals surface area contributed by atoms with Gasteiger partial charge in [-0.3, -0.25) is 0 Å². The summed E-state index contributed by atoms with van der Waals surface area (Å²) < 4.78 is 45.9. The Morgan fingerprint density at radius 1 is 1.15 bits per heavy atom. The molecule has 3 aromatic rings. The molecule has 3 rings (SSSR count). The third-order valence-corrected chi connectivity index (χ3v) is 6.14. The molecular formula is C17H15BrFN3O3S. The SMILES string of the molecule is CN(CCc1noc(-c2ccccc2F)n1)S(=O)(=O)c1ccc(Br)cc1. The predicted molar refractivity (Wildman–Crippen MR) is 97.4 cm³/mol. The molecule has 2 aromatic carbocycles. The highest BCUT2D eigenvalue weighted by Crippen LogP contribution is 2.21. The Balaban J connectivity index is 1.69. The Kier molecular flexibility index (Phi) is 5.49. The summed E-state index contributed by atoms with van der Waals surface area (Å²) in [6, 6.07) is 12.5. The van der Waals surface area contributed by atoms with Crippen LogP contribution in [0.1, 0.15) is 5.82 Å². The lowest BCUT2D eigenvalue weighted by atomic mass is 10.2. The average molecular weight is 440 g/mol. The van der Waals surface area contributed by atoms with Crippen LogP contribution in [0.25, 0.3) is 11.5 Å². The molecule has 0 atom stereocenters. The van der Waals surface area contributed by atoms with Crippen LogP contribution in [-0.4, -0.2) is 36.5 Å². The van der Waals surface area contributed by atoms with Gasteiger partial charge in [-0.15, -0.1) is 0 Å². The van der Waals surface area contributed by atoms with Crippen LogP contribution < -0.4 is 0 Å². The first-order valence-electron chi connectivity index (χ1n) is 7.67. The van der Waals surface area contributed by atoms with Crippen LogP contribution in [0.15, 0.2) is 62.4 Å². The third-order valence-electron chi connectivity index (χ3n) is 3.74. The lowest BCUT2D eigenvalue weighted by molar-refractivity contribution is 0.413. The zero-order chi connectivity index (χ0) is 18.7. The quantitative estimate of drug-likeness (QED) is 0.587. The van der Waals surface area contributed by atoms with Gasteiger partial charge in [0, 0.05) is 24.5 Å². The Hall–Kier alpha value is -2.10. The number of rotatable bonds is 6. The molecule has 0 bridgehead atoms. The van der Waals surface area contributed by atoms with E-state index in [0.717, 1.165) is 4.47 Å². The number of nitrogens with zero attached hydrogens (tertiary/aromatic N) is 3. The second-order valence-corrected chi connectivity index (χ2v) is 8.49. The van der Waals surface area contributed by atoms with E-state index in [0.29, 0.717) is 5.82 Å². The zero-order valence-corrected chi connectivity index (χ0v) is 16.2. The van der Waals surface area contributed by atoms with Crippen molar-refractivity contribution in [3.05, 3.63) is 64.6 Å². The molecule has 0 aliphatic rings. The van der Waals surface area contributed by atoms with Gasteiger partial charge in [-0.25, -0.2) is 17.1 Å². The molecule has 1 aromatic heterocycles. The molecular weight excluding hydrogens is 425 g/mol. The van der Waals surface area contributed by atoms with E-state index in [4.69, 9.17) is 4.52 Å². The summed E-state index contributed by atoms with van der Waals surface area (Å²) in [5, 5.41) is 3.79. The van der Waals surface area contributed by atoms with Crippen molar-refractivity contribution in [1.29, 1.82) is 0 Å². The molecule has 0 spiro atoms. The van der Waals surface area contributed by atoms with Crippen LogP contribution in [0.2, 0.25) is 0 Å². The molecule has 136 valence electrons. The minimum atomic E-state index is -3.61. The fraction of sp³-hybridized carbons (Fsp3) is 0.176. The van der Waals surface area contributed by atoms with E-state index in [2.05, 4.69) is 26.1 Å². The highest BCUT2D eigenvalue weighted by molar-refractivity contribution is 9.10. The summed E-state index contributed by atoms with van der Waals surface area (Å²) in [6.07, 6.45) is 0.240. The van der Waals surface area contributed by atoms with Gasteiger partial charge in [0.1, 0.15) is 5.82 Å². The lowest BCUT2D eigenvalue weighted by Gasteiger charge is -2.16. The largest absolute Gasteiger partial charge is 0.334 e. The van der Waals surface area contributed by atoms with Gasteiger partial charge < -0.3 is 4.52 Å². The summed E-state index contributed by atoms with van der Waals surface area (Å²) in [5.74, 6) is -0.0877. The predicted octanol–water partition coefficient (Wildman–Crippen LogP) is 3.50. The van der Waals surface area contributed by atoms with Crippen LogP contribution in [0.5, 0.6) is 0 Å². The van der Waals surface area contributed by atoms with Gasteiger partial charge in [0.25, 0.3) is 5.89 Å². The maximum absolute atomic E-state index is 13.8. The van der Waals surface area contributed by atoms with Crippen LogP contribution in [0.3, 0.4) is 0 Å². The third kappa shape index (κ3) is 4.00. The van der Waals surface area contributed by atoms with E-state index in [-0.39, 0.29) is 29.3 Å². The van der Waals surface area contributed by atoms with Crippen molar-refractivity contribution in [2.75, 3.05) is 13.6 Å². The van der Waals surface area contributed by atoms with Gasteiger partial charge in [-0.1, -0.05) is 33.2 Å². The molecule has 1 heterocycles. The molecule has 0 aliphatic carbocycles. The zero-order valence-electron chi connectivity index (χ0n) is 13.8. The monoisotopic (exact) mass is 439 g/mol. The molecule has 6 nitrogen and oxygen atoms in total. The number of hydrogen-bond donors (Lipinski definition) is 0. The molecule has 9 heteroatoms. The van der Waals surface area contributed by atoms with E-state index in [1.54, 1.807) is 24.3 Å². The highest BCUT2D eigenvalue weighted by atomic mass is 79.9. The van der Waals surface area contributed by atoms with Gasteiger partial charge in [0.05, 0.1) is 10.5 Å². The maximum atomic E-state index is 13.8. The molecule has 0 N–H and O–H groups in total. The van der Waals surface area contributed by atoms with E-state index >= 15 is 0 Å². The maximum Gasteiger partial charge on any atom is 0.260 e. The summed E-state index contributed by atoms with van der Waals surface area (Å²) in [5.41, 5.74) is 0.210. The van der Waals surface area contributed by atoms with E-state index in [9.17, 15) is 12.8 Å². The Labute approximate surface area is 158 Å². The van der Waals surface area contributed by atoms with E-state index in [1.807, 2.05) is 0 Å². The minimum absolute atomic E-state index is 0.0662. The van der Waals surface area contributed by atoms with Crippen LogP contribution in [-0.2, 0) is 16.4 Å². The van der Waals surface area contributed by atoms with Crippen molar-refractivity contribution in [2.45, 2.75) is 11.3 Å². The van der Waals surface area contributed by atoms with Crippen molar-refractivity contribution >= 4 is 26.0 Å². The molecule has 0 amide bonds. The van der Waals surface area contributed by atoms with Crippen LogP contribution in [0.4, 0.5) is 4.39 Å². The van der Waals surface area contributed by atoms with Crippen LogP contribution in [0, 0.1) is 5.82 Å².